The molecule has 0 aliphatic carbocycles. The molecular formula is C22H24F2N8O2. The van der Waals surface area contributed by atoms with Crippen LogP contribution in [0.4, 0.5) is 20.3 Å². The highest BCUT2D eigenvalue weighted by atomic mass is 19.1. The second kappa shape index (κ2) is 8.86. The fourth-order valence-corrected chi connectivity index (χ4v) is 4.20. The number of rotatable bonds is 5. The zero-order valence-electron chi connectivity index (χ0n) is 18.6. The topological polar surface area (TPSA) is 100 Å². The van der Waals surface area contributed by atoms with Gasteiger partial charge in [-0.3, -0.25) is 14.3 Å². The van der Waals surface area contributed by atoms with Crippen LogP contribution in [-0.4, -0.2) is 80.7 Å². The summed E-state index contributed by atoms with van der Waals surface area (Å²) in [5, 5.41) is 9.97. The Morgan fingerprint density at radius 2 is 1.88 bits per heavy atom. The van der Waals surface area contributed by atoms with Crippen molar-refractivity contribution in [3.05, 3.63) is 47.9 Å². The summed E-state index contributed by atoms with van der Waals surface area (Å²) in [5.41, 5.74) is 0.371. The summed E-state index contributed by atoms with van der Waals surface area (Å²) in [4.78, 5) is 33.5. The van der Waals surface area contributed by atoms with E-state index in [2.05, 4.69) is 25.6 Å². The number of anilines is 2. The Labute approximate surface area is 194 Å². The summed E-state index contributed by atoms with van der Waals surface area (Å²) in [6.07, 6.45) is 3.14. The molecule has 0 atom stereocenters. The van der Waals surface area contributed by atoms with Crippen molar-refractivity contribution in [2.75, 3.05) is 45.1 Å². The Bertz CT molecular complexity index is 1230. The number of imidazole rings is 1. The first-order chi connectivity index (χ1) is 16.4. The largest absolute Gasteiger partial charge is 0.349 e. The van der Waals surface area contributed by atoms with Crippen LogP contribution in [0, 0.1) is 11.6 Å². The van der Waals surface area contributed by atoms with Crippen LogP contribution in [-0.2, 0) is 17.9 Å². The van der Waals surface area contributed by atoms with E-state index in [1.165, 1.54) is 21.5 Å². The van der Waals surface area contributed by atoms with Crippen LogP contribution >= 0.6 is 0 Å². The average molecular weight is 470 g/mol. The van der Waals surface area contributed by atoms with Gasteiger partial charge in [0.1, 0.15) is 24.0 Å². The van der Waals surface area contributed by atoms with Gasteiger partial charge in [-0.25, -0.2) is 13.8 Å². The number of piperazine rings is 1. The molecule has 0 radical (unpaired) electrons. The van der Waals surface area contributed by atoms with Crippen molar-refractivity contribution in [3.8, 4) is 11.4 Å². The monoisotopic (exact) mass is 470 g/mol. The van der Waals surface area contributed by atoms with Crippen LogP contribution in [0.1, 0.15) is 10.5 Å². The van der Waals surface area contributed by atoms with Gasteiger partial charge in [0.15, 0.2) is 11.5 Å². The van der Waals surface area contributed by atoms with Crippen molar-refractivity contribution in [1.82, 2.24) is 34.4 Å². The van der Waals surface area contributed by atoms with Gasteiger partial charge in [-0.05, 0) is 19.2 Å². The maximum Gasteiger partial charge on any atom is 0.271 e. The lowest BCUT2D eigenvalue weighted by atomic mass is 10.2. The minimum Gasteiger partial charge on any atom is -0.349 e. The fourth-order valence-electron chi connectivity index (χ4n) is 4.20. The van der Waals surface area contributed by atoms with Gasteiger partial charge in [-0.2, -0.15) is 5.10 Å². The third-order valence-corrected chi connectivity index (χ3v) is 6.04. The first-order valence-corrected chi connectivity index (χ1v) is 11.0. The SMILES string of the molecule is CN1CCN(C(=O)Cn2cc(Nc3nc(-c4c(F)cccc4F)n4c3C(=O)NCC4)cn2)CC1. The molecule has 2 N–H and O–H groups in total. The molecule has 12 heteroatoms. The standard InChI is InChI=1S/C22H24F2N8O2/c1-29-7-9-30(10-8-29)17(33)13-31-12-14(11-26-31)27-20-19-22(34)25-5-6-32(19)21(28-20)18-15(23)3-2-4-16(18)24/h2-4,11-12,27H,5-10,13H2,1H3,(H,25,34). The van der Waals surface area contributed by atoms with Crippen molar-refractivity contribution in [1.29, 1.82) is 0 Å². The van der Waals surface area contributed by atoms with E-state index >= 15 is 0 Å². The van der Waals surface area contributed by atoms with E-state index in [1.54, 1.807) is 11.1 Å². The molecule has 0 bridgehead atoms. The highest BCUT2D eigenvalue weighted by molar-refractivity contribution is 5.99. The van der Waals surface area contributed by atoms with Gasteiger partial charge in [0.05, 0.1) is 17.4 Å². The Hall–Kier alpha value is -3.80. The molecule has 2 aliphatic rings. The van der Waals surface area contributed by atoms with Gasteiger partial charge >= 0.3 is 0 Å². The maximum atomic E-state index is 14.5. The predicted molar refractivity (Wildman–Crippen MR) is 119 cm³/mol. The number of likely N-dealkylation sites (N-methyl/N-ethyl adjacent to an activating group) is 1. The fraction of sp³-hybridized carbons (Fsp3) is 0.364. The Kier molecular flexibility index (Phi) is 5.74. The molecule has 0 unspecified atom stereocenters. The number of carbonyl (C=O) groups is 2. The molecule has 4 heterocycles. The zero-order valence-corrected chi connectivity index (χ0v) is 18.6. The molecule has 178 valence electrons. The lowest BCUT2D eigenvalue weighted by molar-refractivity contribution is -0.133. The second-order valence-electron chi connectivity index (χ2n) is 8.37. The van der Waals surface area contributed by atoms with Crippen molar-refractivity contribution in [3.63, 3.8) is 0 Å². The van der Waals surface area contributed by atoms with E-state index < -0.39 is 17.5 Å². The molecule has 1 aromatic carbocycles. The lowest BCUT2D eigenvalue weighted by Crippen LogP contribution is -2.48. The molecule has 0 saturated carbocycles. The second-order valence-corrected chi connectivity index (χ2v) is 8.37. The lowest BCUT2D eigenvalue weighted by Gasteiger charge is -2.32. The highest BCUT2D eigenvalue weighted by Gasteiger charge is 2.29. The number of nitrogens with zero attached hydrogens (tertiary/aromatic N) is 6. The Morgan fingerprint density at radius 1 is 1.15 bits per heavy atom. The van der Waals surface area contributed by atoms with Gasteiger partial charge in [0.2, 0.25) is 5.91 Å². The van der Waals surface area contributed by atoms with Gasteiger partial charge in [0.25, 0.3) is 5.91 Å². The summed E-state index contributed by atoms with van der Waals surface area (Å²) < 4.78 is 32.0. The number of aromatic nitrogens is 4. The number of halogens is 2. The molecule has 5 rings (SSSR count). The molecule has 1 saturated heterocycles. The number of fused-ring (bicyclic) bond motifs is 1. The molecule has 2 aliphatic heterocycles. The van der Waals surface area contributed by atoms with Gasteiger partial charge < -0.3 is 25.0 Å². The third kappa shape index (κ3) is 4.12. The van der Waals surface area contributed by atoms with Gasteiger partial charge in [-0.1, -0.05) is 6.07 Å². The first-order valence-electron chi connectivity index (χ1n) is 11.0. The predicted octanol–water partition coefficient (Wildman–Crippen LogP) is 1.29. The van der Waals surface area contributed by atoms with E-state index in [-0.39, 0.29) is 35.4 Å². The molecule has 1 fully saturated rings. The summed E-state index contributed by atoms with van der Waals surface area (Å²) in [6, 6.07) is 3.58. The summed E-state index contributed by atoms with van der Waals surface area (Å²) >= 11 is 0. The van der Waals surface area contributed by atoms with E-state index in [0.29, 0.717) is 31.9 Å². The molecule has 34 heavy (non-hydrogen) atoms. The maximum absolute atomic E-state index is 14.5. The quantitative estimate of drug-likeness (QED) is 0.583. The summed E-state index contributed by atoms with van der Waals surface area (Å²) in [5.74, 6) is -1.78. The molecular weight excluding hydrogens is 446 g/mol. The van der Waals surface area contributed by atoms with Crippen LogP contribution in [0.5, 0.6) is 0 Å². The van der Waals surface area contributed by atoms with Crippen LogP contribution in [0.15, 0.2) is 30.6 Å². The number of nitrogens with one attached hydrogen (secondary N) is 2. The van der Waals surface area contributed by atoms with E-state index in [9.17, 15) is 18.4 Å². The molecule has 10 nitrogen and oxygen atoms in total. The number of amides is 2. The van der Waals surface area contributed by atoms with Crippen LogP contribution in [0.25, 0.3) is 11.4 Å². The van der Waals surface area contributed by atoms with E-state index in [1.807, 2.05) is 7.05 Å². The molecule has 0 spiro atoms. The van der Waals surface area contributed by atoms with Crippen molar-refractivity contribution in [2.45, 2.75) is 13.1 Å². The highest BCUT2D eigenvalue weighted by Crippen LogP contribution is 2.32. The van der Waals surface area contributed by atoms with Crippen LogP contribution in [0.3, 0.4) is 0 Å². The number of hydrogen-bond acceptors (Lipinski definition) is 6. The van der Waals surface area contributed by atoms with E-state index in [4.69, 9.17) is 0 Å². The molecule has 2 aromatic heterocycles. The third-order valence-electron chi connectivity index (χ3n) is 6.04. The number of benzene rings is 1. The van der Waals surface area contributed by atoms with Gasteiger partial charge in [0, 0.05) is 45.5 Å². The Morgan fingerprint density at radius 3 is 2.62 bits per heavy atom. The Balaban J connectivity index is 1.39. The van der Waals surface area contributed by atoms with Crippen molar-refractivity contribution >= 4 is 23.3 Å². The van der Waals surface area contributed by atoms with E-state index in [0.717, 1.165) is 25.2 Å². The van der Waals surface area contributed by atoms with Gasteiger partial charge in [-0.15, -0.1) is 0 Å². The normalized spacial score (nSPS) is 16.3. The summed E-state index contributed by atoms with van der Waals surface area (Å²) in [6.45, 7) is 3.72. The van der Waals surface area contributed by atoms with Crippen LogP contribution < -0.4 is 10.6 Å². The minimum absolute atomic E-state index is 0.0283. The minimum atomic E-state index is -0.763. The molecule has 3 aromatic rings. The smallest absolute Gasteiger partial charge is 0.271 e. The molecule has 2 amide bonds. The number of carbonyl (C=O) groups excluding carboxylic acids is 2. The number of hydrogen-bond donors (Lipinski definition) is 2. The first kappa shape index (κ1) is 22.0. The summed E-state index contributed by atoms with van der Waals surface area (Å²) in [7, 11) is 2.02. The van der Waals surface area contributed by atoms with Crippen LogP contribution in [0.2, 0.25) is 0 Å². The van der Waals surface area contributed by atoms with Crippen molar-refractivity contribution in [2.24, 2.45) is 0 Å². The average Bonchev–Trinajstić information content (AvgIpc) is 3.39. The van der Waals surface area contributed by atoms with Crippen molar-refractivity contribution < 1.29 is 18.4 Å². The zero-order chi connectivity index (χ0) is 23.8.